The second kappa shape index (κ2) is 4.63. The normalized spacial score (nSPS) is 18.1. The van der Waals surface area contributed by atoms with Gasteiger partial charge in [-0.15, -0.1) is 0 Å². The third-order valence-electron chi connectivity index (χ3n) is 4.01. The van der Waals surface area contributed by atoms with E-state index < -0.39 is 0 Å². The Morgan fingerprint density at radius 3 is 2.67 bits per heavy atom. The first-order valence-electron chi connectivity index (χ1n) is 7.32. The summed E-state index contributed by atoms with van der Waals surface area (Å²) >= 11 is 1.80. The van der Waals surface area contributed by atoms with Gasteiger partial charge in [0.1, 0.15) is 0 Å². The standard InChI is InChI=1S/C18H18N2S/c1-18(2)11-21-17(20-18)19-14-7-8-16-13(10-14)9-12-5-3-4-6-15(12)16/h3-8,10H,9,11H2,1-2H3,(H,19,20). The van der Waals surface area contributed by atoms with E-state index in [-0.39, 0.29) is 5.54 Å². The lowest BCUT2D eigenvalue weighted by atomic mass is 10.1. The zero-order valence-electron chi connectivity index (χ0n) is 12.3. The number of amidine groups is 1. The maximum Gasteiger partial charge on any atom is 0.161 e. The Morgan fingerprint density at radius 2 is 1.86 bits per heavy atom. The van der Waals surface area contributed by atoms with Gasteiger partial charge in [-0.1, -0.05) is 42.1 Å². The highest BCUT2D eigenvalue weighted by Crippen LogP contribution is 2.38. The van der Waals surface area contributed by atoms with E-state index in [1.165, 1.54) is 22.3 Å². The van der Waals surface area contributed by atoms with Crippen LogP contribution in [-0.4, -0.2) is 16.5 Å². The molecule has 1 heterocycles. The number of thioether (sulfide) groups is 1. The van der Waals surface area contributed by atoms with Gasteiger partial charge < -0.3 is 5.32 Å². The van der Waals surface area contributed by atoms with Gasteiger partial charge in [0, 0.05) is 11.4 Å². The van der Waals surface area contributed by atoms with E-state index in [1.54, 1.807) is 11.8 Å². The minimum absolute atomic E-state index is 0.0555. The first-order chi connectivity index (χ1) is 10.1. The van der Waals surface area contributed by atoms with Gasteiger partial charge in [0.25, 0.3) is 0 Å². The molecule has 21 heavy (non-hydrogen) atoms. The Balaban J connectivity index is 1.62. The lowest BCUT2D eigenvalue weighted by Crippen LogP contribution is -2.15. The van der Waals surface area contributed by atoms with Crippen LogP contribution >= 0.6 is 11.8 Å². The van der Waals surface area contributed by atoms with Crippen molar-refractivity contribution in [3.63, 3.8) is 0 Å². The molecule has 2 aliphatic rings. The average Bonchev–Trinajstić information content (AvgIpc) is 2.98. The largest absolute Gasteiger partial charge is 0.335 e. The maximum atomic E-state index is 4.72. The predicted molar refractivity (Wildman–Crippen MR) is 92.3 cm³/mol. The highest BCUT2D eigenvalue weighted by Gasteiger charge is 2.25. The quantitative estimate of drug-likeness (QED) is 0.712. The van der Waals surface area contributed by atoms with E-state index in [0.717, 1.165) is 23.0 Å². The summed E-state index contributed by atoms with van der Waals surface area (Å²) in [6.45, 7) is 4.35. The number of hydrogen-bond donors (Lipinski definition) is 1. The molecule has 1 aliphatic heterocycles. The van der Waals surface area contributed by atoms with Crippen molar-refractivity contribution in [2.75, 3.05) is 11.1 Å². The molecule has 2 aromatic carbocycles. The number of hydrogen-bond acceptors (Lipinski definition) is 3. The van der Waals surface area contributed by atoms with Crippen molar-refractivity contribution in [3.05, 3.63) is 53.6 Å². The van der Waals surface area contributed by atoms with Crippen molar-refractivity contribution in [3.8, 4) is 11.1 Å². The summed E-state index contributed by atoms with van der Waals surface area (Å²) in [5.41, 5.74) is 6.79. The molecular weight excluding hydrogens is 276 g/mol. The SMILES string of the molecule is CC1(C)CSC(Nc2ccc3c(c2)Cc2ccccc2-3)=N1. The van der Waals surface area contributed by atoms with Crippen molar-refractivity contribution in [1.29, 1.82) is 0 Å². The van der Waals surface area contributed by atoms with Gasteiger partial charge in [-0.25, -0.2) is 0 Å². The number of anilines is 1. The van der Waals surface area contributed by atoms with Crippen molar-refractivity contribution in [2.45, 2.75) is 25.8 Å². The Labute approximate surface area is 129 Å². The molecule has 106 valence electrons. The lowest BCUT2D eigenvalue weighted by Gasteiger charge is -2.10. The minimum atomic E-state index is 0.0555. The van der Waals surface area contributed by atoms with Gasteiger partial charge in [0.2, 0.25) is 0 Å². The average molecular weight is 294 g/mol. The maximum absolute atomic E-state index is 4.72. The third-order valence-corrected chi connectivity index (χ3v) is 5.33. The number of nitrogens with one attached hydrogen (secondary N) is 1. The highest BCUT2D eigenvalue weighted by atomic mass is 32.2. The fourth-order valence-corrected chi connectivity index (χ4v) is 4.05. The molecule has 0 unspecified atom stereocenters. The summed E-state index contributed by atoms with van der Waals surface area (Å²) in [4.78, 5) is 4.72. The zero-order valence-corrected chi connectivity index (χ0v) is 13.1. The van der Waals surface area contributed by atoms with Crippen LogP contribution in [0.25, 0.3) is 11.1 Å². The van der Waals surface area contributed by atoms with E-state index in [0.29, 0.717) is 0 Å². The third kappa shape index (κ3) is 2.36. The molecule has 0 fully saturated rings. The van der Waals surface area contributed by atoms with Crippen LogP contribution < -0.4 is 5.32 Å². The summed E-state index contributed by atoms with van der Waals surface area (Å²) in [6, 6.07) is 15.3. The van der Waals surface area contributed by atoms with Crippen LogP contribution in [-0.2, 0) is 6.42 Å². The smallest absolute Gasteiger partial charge is 0.161 e. The summed E-state index contributed by atoms with van der Waals surface area (Å²) in [7, 11) is 0. The van der Waals surface area contributed by atoms with Gasteiger partial charge in [-0.3, -0.25) is 4.99 Å². The number of aliphatic imine (C=N–C) groups is 1. The van der Waals surface area contributed by atoms with Crippen molar-refractivity contribution >= 4 is 22.6 Å². The van der Waals surface area contributed by atoms with Crippen molar-refractivity contribution in [1.82, 2.24) is 0 Å². The molecule has 0 amide bonds. The summed E-state index contributed by atoms with van der Waals surface area (Å²) in [6.07, 6.45) is 1.03. The molecule has 0 saturated heterocycles. The van der Waals surface area contributed by atoms with Crippen molar-refractivity contribution < 1.29 is 0 Å². The fourth-order valence-electron chi connectivity index (χ4n) is 2.99. The van der Waals surface area contributed by atoms with Crippen LogP contribution in [0.1, 0.15) is 25.0 Å². The predicted octanol–water partition coefficient (Wildman–Crippen LogP) is 4.55. The van der Waals surface area contributed by atoms with E-state index in [1.807, 2.05) is 0 Å². The van der Waals surface area contributed by atoms with Gasteiger partial charge in [-0.2, -0.15) is 0 Å². The van der Waals surface area contributed by atoms with E-state index in [9.17, 15) is 0 Å². The van der Waals surface area contributed by atoms with Crippen LogP contribution in [0.4, 0.5) is 5.69 Å². The van der Waals surface area contributed by atoms with Crippen LogP contribution in [0.3, 0.4) is 0 Å². The van der Waals surface area contributed by atoms with Crippen molar-refractivity contribution in [2.24, 2.45) is 4.99 Å². The Bertz CT molecular complexity index is 747. The number of rotatable bonds is 1. The fraction of sp³-hybridized carbons (Fsp3) is 0.278. The molecule has 0 bridgehead atoms. The second-order valence-electron chi connectivity index (χ2n) is 6.35. The topological polar surface area (TPSA) is 24.4 Å². The summed E-state index contributed by atoms with van der Waals surface area (Å²) in [5, 5.41) is 4.50. The van der Waals surface area contributed by atoms with Crippen LogP contribution in [0, 0.1) is 0 Å². The van der Waals surface area contributed by atoms with Gasteiger partial charge >= 0.3 is 0 Å². The highest BCUT2D eigenvalue weighted by molar-refractivity contribution is 8.14. The number of fused-ring (bicyclic) bond motifs is 3. The van der Waals surface area contributed by atoms with Gasteiger partial charge in [-0.05, 0) is 54.7 Å². The Kier molecular flexibility index (Phi) is 2.86. The molecule has 2 aromatic rings. The molecule has 0 aromatic heterocycles. The summed E-state index contributed by atoms with van der Waals surface area (Å²) in [5.74, 6) is 1.05. The van der Waals surface area contributed by atoms with E-state index in [4.69, 9.17) is 4.99 Å². The van der Waals surface area contributed by atoms with E-state index >= 15 is 0 Å². The van der Waals surface area contributed by atoms with Gasteiger partial charge in [0.05, 0.1) is 5.54 Å². The molecule has 1 aliphatic carbocycles. The second-order valence-corrected chi connectivity index (χ2v) is 7.31. The number of benzene rings is 2. The first-order valence-corrected chi connectivity index (χ1v) is 8.30. The zero-order chi connectivity index (χ0) is 14.4. The molecule has 0 spiro atoms. The first kappa shape index (κ1) is 13.0. The van der Waals surface area contributed by atoms with Crippen LogP contribution in [0.15, 0.2) is 47.5 Å². The molecule has 0 atom stereocenters. The molecule has 2 nitrogen and oxygen atoms in total. The van der Waals surface area contributed by atoms with E-state index in [2.05, 4.69) is 61.6 Å². The molecule has 0 saturated carbocycles. The lowest BCUT2D eigenvalue weighted by molar-refractivity contribution is 0.605. The van der Waals surface area contributed by atoms with Crippen LogP contribution in [0.2, 0.25) is 0 Å². The Morgan fingerprint density at radius 1 is 1.05 bits per heavy atom. The molecule has 4 rings (SSSR count). The summed E-state index contributed by atoms with van der Waals surface area (Å²) < 4.78 is 0. The molecular formula is C18H18N2S. The Hall–Kier alpha value is -1.74. The monoisotopic (exact) mass is 294 g/mol. The molecule has 1 N–H and O–H groups in total. The number of nitrogens with zero attached hydrogens (tertiary/aromatic N) is 1. The van der Waals surface area contributed by atoms with Crippen LogP contribution in [0.5, 0.6) is 0 Å². The van der Waals surface area contributed by atoms with Gasteiger partial charge in [0.15, 0.2) is 5.17 Å². The molecule has 0 radical (unpaired) electrons. The molecule has 3 heteroatoms. The minimum Gasteiger partial charge on any atom is -0.335 e.